The molecule has 3 aromatic heterocycles. The number of aryl methyl sites for hydroxylation is 2. The standard InChI is InChI=1S/C14H13BrN4O2S/c1-8-13(9(2)21-18-8)14(20)17-12-3-4-16-19(12)6-11-5-10(15)7-22-11/h3-5,7H,6H2,1-2H3,(H,17,20). The van der Waals surface area contributed by atoms with Crippen LogP contribution in [0, 0.1) is 13.8 Å². The molecule has 0 aliphatic rings. The van der Waals surface area contributed by atoms with E-state index in [-0.39, 0.29) is 5.91 Å². The molecule has 1 amide bonds. The van der Waals surface area contributed by atoms with Crippen molar-refractivity contribution >= 4 is 39.0 Å². The Kier molecular flexibility index (Phi) is 4.12. The summed E-state index contributed by atoms with van der Waals surface area (Å²) in [6.45, 7) is 4.06. The van der Waals surface area contributed by atoms with Crippen LogP contribution in [0.25, 0.3) is 0 Å². The fourth-order valence-corrected chi connectivity index (χ4v) is 3.57. The van der Waals surface area contributed by atoms with Crippen LogP contribution in [-0.4, -0.2) is 20.8 Å². The van der Waals surface area contributed by atoms with Gasteiger partial charge >= 0.3 is 0 Å². The van der Waals surface area contributed by atoms with E-state index in [9.17, 15) is 4.79 Å². The lowest BCUT2D eigenvalue weighted by molar-refractivity contribution is 0.102. The summed E-state index contributed by atoms with van der Waals surface area (Å²) in [5, 5.41) is 12.9. The van der Waals surface area contributed by atoms with Crippen LogP contribution >= 0.6 is 27.3 Å². The maximum atomic E-state index is 12.4. The Labute approximate surface area is 139 Å². The summed E-state index contributed by atoms with van der Waals surface area (Å²) in [7, 11) is 0. The van der Waals surface area contributed by atoms with Crippen molar-refractivity contribution < 1.29 is 9.32 Å². The number of hydrogen-bond donors (Lipinski definition) is 1. The number of anilines is 1. The Morgan fingerprint density at radius 3 is 2.95 bits per heavy atom. The first-order valence-corrected chi connectivity index (χ1v) is 8.21. The van der Waals surface area contributed by atoms with Gasteiger partial charge in [-0.2, -0.15) is 5.10 Å². The summed E-state index contributed by atoms with van der Waals surface area (Å²) in [6, 6.07) is 3.80. The molecular formula is C14H13BrN4O2S. The van der Waals surface area contributed by atoms with Crippen LogP contribution in [-0.2, 0) is 6.54 Å². The topological polar surface area (TPSA) is 73.0 Å². The highest BCUT2D eigenvalue weighted by molar-refractivity contribution is 9.10. The number of thiophene rings is 1. The van der Waals surface area contributed by atoms with Crippen LogP contribution in [0.15, 0.2) is 32.7 Å². The molecule has 0 fully saturated rings. The Balaban J connectivity index is 1.79. The van der Waals surface area contributed by atoms with Crippen molar-refractivity contribution in [3.8, 4) is 0 Å². The number of rotatable bonds is 4. The minimum Gasteiger partial charge on any atom is -0.361 e. The van der Waals surface area contributed by atoms with E-state index in [1.807, 2.05) is 11.4 Å². The van der Waals surface area contributed by atoms with Gasteiger partial charge in [0.25, 0.3) is 5.91 Å². The number of carbonyl (C=O) groups excluding carboxylic acids is 1. The van der Waals surface area contributed by atoms with Gasteiger partial charge in [0.15, 0.2) is 0 Å². The molecule has 0 atom stereocenters. The number of hydrogen-bond acceptors (Lipinski definition) is 5. The Bertz CT molecular complexity index is 801. The lowest BCUT2D eigenvalue weighted by atomic mass is 10.2. The molecule has 0 aromatic carbocycles. The van der Waals surface area contributed by atoms with Crippen molar-refractivity contribution in [3.05, 3.63) is 50.1 Å². The first-order chi connectivity index (χ1) is 10.5. The molecule has 22 heavy (non-hydrogen) atoms. The number of nitrogens with one attached hydrogen (secondary N) is 1. The summed E-state index contributed by atoms with van der Waals surface area (Å²) in [4.78, 5) is 13.5. The second-order valence-corrected chi connectivity index (χ2v) is 6.67. The summed E-state index contributed by atoms with van der Waals surface area (Å²) < 4.78 is 7.81. The Morgan fingerprint density at radius 1 is 1.50 bits per heavy atom. The third kappa shape index (κ3) is 2.97. The Hall–Kier alpha value is -1.93. The SMILES string of the molecule is Cc1noc(C)c1C(=O)Nc1ccnn1Cc1cc(Br)cs1. The van der Waals surface area contributed by atoms with Crippen LogP contribution in [0.5, 0.6) is 0 Å². The third-order valence-corrected chi connectivity index (χ3v) is 4.83. The van der Waals surface area contributed by atoms with Gasteiger partial charge in [0.1, 0.15) is 17.1 Å². The predicted octanol–water partition coefficient (Wildman–Crippen LogP) is 3.61. The molecule has 3 heterocycles. The van der Waals surface area contributed by atoms with Gasteiger partial charge < -0.3 is 9.84 Å². The van der Waals surface area contributed by atoms with Crippen LogP contribution in [0.2, 0.25) is 0 Å². The van der Waals surface area contributed by atoms with E-state index in [0.29, 0.717) is 29.4 Å². The fraction of sp³-hybridized carbons (Fsp3) is 0.214. The Morgan fingerprint density at radius 2 is 2.32 bits per heavy atom. The van der Waals surface area contributed by atoms with Crippen molar-refractivity contribution in [2.24, 2.45) is 0 Å². The highest BCUT2D eigenvalue weighted by Crippen LogP contribution is 2.22. The number of aromatic nitrogens is 3. The molecule has 1 N–H and O–H groups in total. The lowest BCUT2D eigenvalue weighted by Crippen LogP contribution is -2.17. The average Bonchev–Trinajstić information content (AvgIpc) is 3.14. The number of amides is 1. The molecule has 114 valence electrons. The molecule has 6 nitrogen and oxygen atoms in total. The highest BCUT2D eigenvalue weighted by atomic mass is 79.9. The number of nitrogens with zero attached hydrogens (tertiary/aromatic N) is 3. The largest absolute Gasteiger partial charge is 0.361 e. The van der Waals surface area contributed by atoms with Gasteiger partial charge in [0, 0.05) is 20.8 Å². The first kappa shape index (κ1) is 15.0. The zero-order valence-corrected chi connectivity index (χ0v) is 14.4. The quantitative estimate of drug-likeness (QED) is 0.749. The maximum Gasteiger partial charge on any atom is 0.262 e. The molecular weight excluding hydrogens is 368 g/mol. The highest BCUT2D eigenvalue weighted by Gasteiger charge is 2.19. The van der Waals surface area contributed by atoms with Crippen molar-refractivity contribution in [3.63, 3.8) is 0 Å². The zero-order chi connectivity index (χ0) is 15.7. The van der Waals surface area contributed by atoms with E-state index >= 15 is 0 Å². The summed E-state index contributed by atoms with van der Waals surface area (Å²) in [5.74, 6) is 0.892. The molecule has 8 heteroatoms. The minimum absolute atomic E-state index is 0.245. The summed E-state index contributed by atoms with van der Waals surface area (Å²) >= 11 is 5.06. The van der Waals surface area contributed by atoms with Gasteiger partial charge in [0.05, 0.1) is 18.4 Å². The second kappa shape index (κ2) is 6.05. The minimum atomic E-state index is -0.245. The second-order valence-electron chi connectivity index (χ2n) is 4.76. The van der Waals surface area contributed by atoms with Gasteiger partial charge in [-0.3, -0.25) is 4.79 Å². The van der Waals surface area contributed by atoms with Gasteiger partial charge in [0.2, 0.25) is 0 Å². The normalized spacial score (nSPS) is 10.9. The first-order valence-electron chi connectivity index (χ1n) is 6.53. The molecule has 0 aliphatic heterocycles. The molecule has 3 rings (SSSR count). The van der Waals surface area contributed by atoms with E-state index in [1.165, 1.54) is 0 Å². The van der Waals surface area contributed by atoms with E-state index < -0.39 is 0 Å². The zero-order valence-electron chi connectivity index (χ0n) is 12.0. The fourth-order valence-electron chi connectivity index (χ4n) is 2.14. The monoisotopic (exact) mass is 380 g/mol. The van der Waals surface area contributed by atoms with Gasteiger partial charge in [-0.1, -0.05) is 5.16 Å². The van der Waals surface area contributed by atoms with Crippen molar-refractivity contribution in [1.82, 2.24) is 14.9 Å². The lowest BCUT2D eigenvalue weighted by Gasteiger charge is -2.07. The van der Waals surface area contributed by atoms with Crippen LogP contribution in [0.4, 0.5) is 5.82 Å². The molecule has 3 aromatic rings. The third-order valence-electron chi connectivity index (χ3n) is 3.15. The van der Waals surface area contributed by atoms with E-state index in [0.717, 1.165) is 9.35 Å². The summed E-state index contributed by atoms with van der Waals surface area (Å²) in [5.41, 5.74) is 1.04. The molecule has 0 saturated heterocycles. The van der Waals surface area contributed by atoms with Crippen LogP contribution in [0.1, 0.15) is 26.7 Å². The number of carbonyl (C=O) groups is 1. The molecule has 0 spiro atoms. The van der Waals surface area contributed by atoms with Gasteiger partial charge in [-0.25, -0.2) is 4.68 Å². The number of halogens is 1. The van der Waals surface area contributed by atoms with Gasteiger partial charge in [-0.05, 0) is 35.8 Å². The van der Waals surface area contributed by atoms with E-state index in [2.05, 4.69) is 31.5 Å². The van der Waals surface area contributed by atoms with Crippen molar-refractivity contribution in [2.45, 2.75) is 20.4 Å². The van der Waals surface area contributed by atoms with Crippen LogP contribution < -0.4 is 5.32 Å². The molecule has 0 saturated carbocycles. The van der Waals surface area contributed by atoms with E-state index in [1.54, 1.807) is 42.1 Å². The van der Waals surface area contributed by atoms with Gasteiger partial charge in [-0.15, -0.1) is 11.3 Å². The molecule has 0 radical (unpaired) electrons. The molecule has 0 aliphatic carbocycles. The predicted molar refractivity (Wildman–Crippen MR) is 87.3 cm³/mol. The maximum absolute atomic E-state index is 12.4. The summed E-state index contributed by atoms with van der Waals surface area (Å²) in [6.07, 6.45) is 1.66. The van der Waals surface area contributed by atoms with E-state index in [4.69, 9.17) is 4.52 Å². The smallest absolute Gasteiger partial charge is 0.262 e. The average molecular weight is 381 g/mol. The van der Waals surface area contributed by atoms with Crippen molar-refractivity contribution in [1.29, 1.82) is 0 Å². The van der Waals surface area contributed by atoms with Crippen LogP contribution in [0.3, 0.4) is 0 Å². The molecule has 0 unspecified atom stereocenters. The molecule has 0 bridgehead atoms. The van der Waals surface area contributed by atoms with Crippen molar-refractivity contribution in [2.75, 3.05) is 5.32 Å².